The molecule has 0 spiro atoms. The molecule has 1 fully saturated rings. The molecule has 1 saturated carbocycles. The first-order valence-electron chi connectivity index (χ1n) is 4.65. The molecule has 0 aromatic carbocycles. The van der Waals surface area contributed by atoms with Gasteiger partial charge in [0, 0.05) is 12.5 Å². The summed E-state index contributed by atoms with van der Waals surface area (Å²) < 4.78 is 2.07. The molecule has 3 nitrogen and oxygen atoms in total. The van der Waals surface area contributed by atoms with Gasteiger partial charge in [-0.2, -0.15) is 0 Å². The van der Waals surface area contributed by atoms with Crippen molar-refractivity contribution in [1.29, 1.82) is 0 Å². The van der Waals surface area contributed by atoms with Crippen LogP contribution in [0.2, 0.25) is 5.28 Å². The van der Waals surface area contributed by atoms with Crippen LogP contribution in [0.3, 0.4) is 0 Å². The van der Waals surface area contributed by atoms with Crippen LogP contribution in [0.5, 0.6) is 0 Å². The van der Waals surface area contributed by atoms with Gasteiger partial charge in [-0.1, -0.05) is 20.8 Å². The predicted molar refractivity (Wildman–Crippen MR) is 51.8 cm³/mol. The van der Waals surface area contributed by atoms with Gasteiger partial charge in [-0.3, -0.25) is 4.57 Å². The monoisotopic (exact) mass is 199 g/mol. The lowest BCUT2D eigenvalue weighted by Gasteiger charge is -2.07. The van der Waals surface area contributed by atoms with Crippen LogP contribution < -0.4 is 0 Å². The van der Waals surface area contributed by atoms with E-state index in [2.05, 4.69) is 35.5 Å². The van der Waals surface area contributed by atoms with Crippen LogP contribution in [-0.4, -0.2) is 14.8 Å². The maximum Gasteiger partial charge on any atom is 0.225 e. The SMILES string of the molecule is CCc1nnc(Cl)n1C1CC1(C)C. The Kier molecular flexibility index (Phi) is 1.88. The molecule has 1 aromatic heterocycles. The van der Waals surface area contributed by atoms with Crippen molar-refractivity contribution in [3.05, 3.63) is 11.1 Å². The molecule has 2 rings (SSSR count). The van der Waals surface area contributed by atoms with Gasteiger partial charge in [0.15, 0.2) is 0 Å². The molecule has 1 aliphatic rings. The number of halogens is 1. The Labute approximate surface area is 83.1 Å². The minimum atomic E-state index is 0.371. The van der Waals surface area contributed by atoms with E-state index < -0.39 is 0 Å². The van der Waals surface area contributed by atoms with E-state index >= 15 is 0 Å². The highest BCUT2D eigenvalue weighted by molar-refractivity contribution is 6.28. The second kappa shape index (κ2) is 2.71. The molecule has 0 radical (unpaired) electrons. The third kappa shape index (κ3) is 1.35. The standard InChI is InChI=1S/C9H14ClN3/c1-4-7-11-12-8(10)13(7)6-5-9(6,2)3/h6H,4-5H2,1-3H3. The van der Waals surface area contributed by atoms with E-state index in [0.717, 1.165) is 12.2 Å². The van der Waals surface area contributed by atoms with Crippen molar-refractivity contribution in [3.63, 3.8) is 0 Å². The summed E-state index contributed by atoms with van der Waals surface area (Å²) in [6.07, 6.45) is 2.07. The van der Waals surface area contributed by atoms with E-state index in [-0.39, 0.29) is 0 Å². The maximum absolute atomic E-state index is 5.98. The lowest BCUT2D eigenvalue weighted by molar-refractivity contribution is 0.528. The van der Waals surface area contributed by atoms with E-state index in [1.165, 1.54) is 6.42 Å². The average molecular weight is 200 g/mol. The first-order chi connectivity index (χ1) is 6.06. The molecule has 0 aliphatic heterocycles. The van der Waals surface area contributed by atoms with E-state index in [0.29, 0.717) is 16.7 Å². The number of aryl methyl sites for hydroxylation is 1. The minimum Gasteiger partial charge on any atom is -0.298 e. The van der Waals surface area contributed by atoms with Gasteiger partial charge < -0.3 is 0 Å². The van der Waals surface area contributed by atoms with Gasteiger partial charge in [-0.05, 0) is 23.4 Å². The molecular formula is C9H14ClN3. The van der Waals surface area contributed by atoms with Gasteiger partial charge in [-0.25, -0.2) is 0 Å². The van der Waals surface area contributed by atoms with Gasteiger partial charge in [0.25, 0.3) is 0 Å². The number of nitrogens with zero attached hydrogens (tertiary/aromatic N) is 3. The highest BCUT2D eigenvalue weighted by atomic mass is 35.5. The Morgan fingerprint density at radius 3 is 2.62 bits per heavy atom. The molecule has 1 unspecified atom stereocenters. The molecule has 1 aliphatic carbocycles. The summed E-state index contributed by atoms with van der Waals surface area (Å²) in [7, 11) is 0. The Bertz CT molecular complexity index is 330. The number of rotatable bonds is 2. The first kappa shape index (κ1) is 9.00. The van der Waals surface area contributed by atoms with Crippen LogP contribution in [0.1, 0.15) is 39.1 Å². The molecule has 4 heteroatoms. The van der Waals surface area contributed by atoms with E-state index in [9.17, 15) is 0 Å². The van der Waals surface area contributed by atoms with Crippen molar-refractivity contribution in [2.75, 3.05) is 0 Å². The quantitative estimate of drug-likeness (QED) is 0.733. The van der Waals surface area contributed by atoms with Gasteiger partial charge in [0.2, 0.25) is 5.28 Å². The summed E-state index contributed by atoms with van der Waals surface area (Å²) in [4.78, 5) is 0. The third-order valence-electron chi connectivity index (χ3n) is 2.81. The third-order valence-corrected chi connectivity index (χ3v) is 3.07. The zero-order chi connectivity index (χ0) is 9.64. The molecular weight excluding hydrogens is 186 g/mol. The summed E-state index contributed by atoms with van der Waals surface area (Å²) >= 11 is 5.98. The number of aromatic nitrogens is 3. The first-order valence-corrected chi connectivity index (χ1v) is 5.03. The van der Waals surface area contributed by atoms with E-state index in [4.69, 9.17) is 11.6 Å². The van der Waals surface area contributed by atoms with Gasteiger partial charge in [0.1, 0.15) is 5.82 Å². The molecule has 0 amide bonds. The van der Waals surface area contributed by atoms with Crippen molar-refractivity contribution in [1.82, 2.24) is 14.8 Å². The van der Waals surface area contributed by atoms with Crippen LogP contribution in [0.15, 0.2) is 0 Å². The van der Waals surface area contributed by atoms with Crippen molar-refractivity contribution < 1.29 is 0 Å². The lowest BCUT2D eigenvalue weighted by Crippen LogP contribution is -2.04. The summed E-state index contributed by atoms with van der Waals surface area (Å²) in [5, 5.41) is 8.47. The Morgan fingerprint density at radius 1 is 1.54 bits per heavy atom. The minimum absolute atomic E-state index is 0.371. The summed E-state index contributed by atoms with van der Waals surface area (Å²) in [5.41, 5.74) is 0.371. The Balaban J connectivity index is 2.34. The highest BCUT2D eigenvalue weighted by Gasteiger charge is 2.48. The molecule has 0 N–H and O–H groups in total. The van der Waals surface area contributed by atoms with Gasteiger partial charge in [0.05, 0.1) is 0 Å². The highest BCUT2D eigenvalue weighted by Crippen LogP contribution is 2.56. The van der Waals surface area contributed by atoms with Crippen LogP contribution in [0.4, 0.5) is 0 Å². The molecule has 0 saturated heterocycles. The molecule has 72 valence electrons. The van der Waals surface area contributed by atoms with Crippen LogP contribution >= 0.6 is 11.6 Å². The Morgan fingerprint density at radius 2 is 2.15 bits per heavy atom. The van der Waals surface area contributed by atoms with Crippen molar-refractivity contribution in [3.8, 4) is 0 Å². The second-order valence-electron chi connectivity index (χ2n) is 4.32. The molecule has 1 heterocycles. The summed E-state index contributed by atoms with van der Waals surface area (Å²) in [5.74, 6) is 1.00. The normalized spacial score (nSPS) is 24.8. The van der Waals surface area contributed by atoms with Crippen LogP contribution in [-0.2, 0) is 6.42 Å². The number of hydrogen-bond donors (Lipinski definition) is 0. The molecule has 13 heavy (non-hydrogen) atoms. The Hall–Kier alpha value is -0.570. The van der Waals surface area contributed by atoms with Crippen LogP contribution in [0, 0.1) is 5.41 Å². The number of hydrogen-bond acceptors (Lipinski definition) is 2. The van der Waals surface area contributed by atoms with Crippen LogP contribution in [0.25, 0.3) is 0 Å². The molecule has 1 atom stereocenters. The second-order valence-corrected chi connectivity index (χ2v) is 4.66. The fourth-order valence-corrected chi connectivity index (χ4v) is 1.98. The smallest absolute Gasteiger partial charge is 0.225 e. The van der Waals surface area contributed by atoms with Crippen molar-refractivity contribution in [2.24, 2.45) is 5.41 Å². The maximum atomic E-state index is 5.98. The molecule has 1 aromatic rings. The van der Waals surface area contributed by atoms with Gasteiger partial charge >= 0.3 is 0 Å². The zero-order valence-corrected chi connectivity index (χ0v) is 8.97. The fraction of sp³-hybridized carbons (Fsp3) is 0.778. The zero-order valence-electron chi connectivity index (χ0n) is 8.21. The summed E-state index contributed by atoms with van der Waals surface area (Å²) in [6.45, 7) is 6.56. The van der Waals surface area contributed by atoms with Gasteiger partial charge in [-0.15, -0.1) is 10.2 Å². The molecule has 0 bridgehead atoms. The topological polar surface area (TPSA) is 30.7 Å². The van der Waals surface area contributed by atoms with Crippen molar-refractivity contribution in [2.45, 2.75) is 39.7 Å². The van der Waals surface area contributed by atoms with E-state index in [1.54, 1.807) is 0 Å². The predicted octanol–water partition coefficient (Wildman–Crippen LogP) is 2.46. The van der Waals surface area contributed by atoms with E-state index in [1.807, 2.05) is 0 Å². The average Bonchev–Trinajstić information content (AvgIpc) is 2.54. The fourth-order valence-electron chi connectivity index (χ4n) is 1.73. The lowest BCUT2D eigenvalue weighted by atomic mass is 10.2. The van der Waals surface area contributed by atoms with Crippen molar-refractivity contribution >= 4 is 11.6 Å². The summed E-state index contributed by atoms with van der Waals surface area (Å²) in [6, 6.07) is 0.505. The largest absolute Gasteiger partial charge is 0.298 e.